The Balaban J connectivity index is 1.77. The zero-order valence-electron chi connectivity index (χ0n) is 20.8. The first-order valence-electron chi connectivity index (χ1n) is 12.2. The third-order valence-electron chi connectivity index (χ3n) is 6.53. The maximum atomic E-state index is 14.4. The van der Waals surface area contributed by atoms with E-state index in [1.165, 1.54) is 18.2 Å². The first kappa shape index (κ1) is 28.2. The van der Waals surface area contributed by atoms with E-state index in [0.717, 1.165) is 5.56 Å². The van der Waals surface area contributed by atoms with Crippen molar-refractivity contribution in [3.05, 3.63) is 71.5 Å². The highest BCUT2D eigenvalue weighted by atomic mass is 19.3. The molecule has 1 aliphatic heterocycles. The summed E-state index contributed by atoms with van der Waals surface area (Å²) in [5.74, 6) is -6.54. The van der Waals surface area contributed by atoms with E-state index >= 15 is 0 Å². The van der Waals surface area contributed by atoms with Crippen LogP contribution in [0.1, 0.15) is 37.8 Å². The lowest BCUT2D eigenvalue weighted by molar-refractivity contribution is -0.147. The Morgan fingerprint density at radius 3 is 2.43 bits per heavy atom. The fourth-order valence-corrected chi connectivity index (χ4v) is 4.20. The molecule has 0 unspecified atom stereocenters. The zero-order chi connectivity index (χ0) is 27.2. The van der Waals surface area contributed by atoms with Crippen molar-refractivity contribution in [2.45, 2.75) is 63.8 Å². The highest BCUT2D eigenvalue weighted by Crippen LogP contribution is 2.33. The Morgan fingerprint density at radius 2 is 1.78 bits per heavy atom. The molecule has 200 valence electrons. The maximum Gasteiger partial charge on any atom is 0.267 e. The van der Waals surface area contributed by atoms with Crippen LogP contribution in [0, 0.1) is 11.7 Å². The number of nitrogens with zero attached hydrogens (tertiary/aromatic N) is 1. The Hall–Kier alpha value is -3.40. The van der Waals surface area contributed by atoms with E-state index in [4.69, 9.17) is 0 Å². The van der Waals surface area contributed by atoms with Crippen LogP contribution in [0.5, 0.6) is 0 Å². The summed E-state index contributed by atoms with van der Waals surface area (Å²) in [6.45, 7) is 2.35. The third-order valence-corrected chi connectivity index (χ3v) is 6.53. The highest BCUT2D eigenvalue weighted by Gasteiger charge is 2.51. The molecule has 0 spiro atoms. The van der Waals surface area contributed by atoms with Crippen molar-refractivity contribution in [3.8, 4) is 0 Å². The first-order chi connectivity index (χ1) is 17.5. The van der Waals surface area contributed by atoms with Gasteiger partial charge in [0.1, 0.15) is 11.9 Å². The number of amides is 3. The van der Waals surface area contributed by atoms with E-state index in [9.17, 15) is 32.7 Å². The standard InChI is InChI=1S/C27H32F3N3O4/c1-3-17(2)24(35)32-21(13-18-8-5-4-6-9-18)23(34)26(37)33-16-27(29,30)14-22(33)25(36)31-15-19-10-7-11-20(28)12-19/h4-12,17,21-23,34H,3,13-16H2,1-2H3,(H,31,36)(H,32,35)/t17-,21-,22-,23-/m0/s1. The smallest absolute Gasteiger partial charge is 0.267 e. The number of hydrogen-bond donors (Lipinski definition) is 3. The molecule has 0 saturated carbocycles. The molecule has 3 amide bonds. The molecule has 3 rings (SSSR count). The van der Waals surface area contributed by atoms with E-state index in [0.29, 0.717) is 16.9 Å². The molecule has 4 atom stereocenters. The Morgan fingerprint density at radius 1 is 1.11 bits per heavy atom. The summed E-state index contributed by atoms with van der Waals surface area (Å²) in [6.07, 6.45) is -2.17. The molecule has 0 radical (unpaired) electrons. The average Bonchev–Trinajstić information content (AvgIpc) is 3.21. The summed E-state index contributed by atoms with van der Waals surface area (Å²) < 4.78 is 42.2. The van der Waals surface area contributed by atoms with E-state index in [2.05, 4.69) is 10.6 Å². The van der Waals surface area contributed by atoms with Crippen LogP contribution in [0.25, 0.3) is 0 Å². The topological polar surface area (TPSA) is 98.7 Å². The number of halogens is 3. The summed E-state index contributed by atoms with van der Waals surface area (Å²) >= 11 is 0. The van der Waals surface area contributed by atoms with Gasteiger partial charge < -0.3 is 20.6 Å². The molecule has 0 bridgehead atoms. The molecule has 2 aromatic carbocycles. The van der Waals surface area contributed by atoms with E-state index in [1.54, 1.807) is 43.3 Å². The average molecular weight is 520 g/mol. The van der Waals surface area contributed by atoms with Gasteiger partial charge in [-0.2, -0.15) is 0 Å². The van der Waals surface area contributed by atoms with E-state index in [1.807, 2.05) is 6.92 Å². The van der Waals surface area contributed by atoms with Crippen molar-refractivity contribution in [1.82, 2.24) is 15.5 Å². The number of alkyl halides is 2. The summed E-state index contributed by atoms with van der Waals surface area (Å²) in [4.78, 5) is 39.3. The summed E-state index contributed by atoms with van der Waals surface area (Å²) in [6, 6.07) is 11.6. The quantitative estimate of drug-likeness (QED) is 0.450. The maximum absolute atomic E-state index is 14.4. The molecular weight excluding hydrogens is 487 g/mol. The summed E-state index contributed by atoms with van der Waals surface area (Å²) in [7, 11) is 0. The van der Waals surface area contributed by atoms with Gasteiger partial charge in [-0.3, -0.25) is 14.4 Å². The van der Waals surface area contributed by atoms with Crippen molar-refractivity contribution in [2.24, 2.45) is 5.92 Å². The highest BCUT2D eigenvalue weighted by molar-refractivity contribution is 5.91. The van der Waals surface area contributed by atoms with Gasteiger partial charge in [0.15, 0.2) is 6.10 Å². The molecule has 1 fully saturated rings. The van der Waals surface area contributed by atoms with Gasteiger partial charge in [0.25, 0.3) is 11.8 Å². The van der Waals surface area contributed by atoms with Crippen LogP contribution >= 0.6 is 0 Å². The number of benzene rings is 2. The zero-order valence-corrected chi connectivity index (χ0v) is 20.8. The van der Waals surface area contributed by atoms with Crippen LogP contribution in [0.15, 0.2) is 54.6 Å². The number of carbonyl (C=O) groups is 3. The molecule has 1 aliphatic rings. The van der Waals surface area contributed by atoms with Crippen molar-refractivity contribution in [3.63, 3.8) is 0 Å². The van der Waals surface area contributed by atoms with Crippen molar-refractivity contribution >= 4 is 17.7 Å². The minimum Gasteiger partial charge on any atom is -0.381 e. The lowest BCUT2D eigenvalue weighted by atomic mass is 9.98. The van der Waals surface area contributed by atoms with Gasteiger partial charge in [0.2, 0.25) is 11.8 Å². The minimum absolute atomic E-state index is 0.0799. The Labute approximate surface area is 214 Å². The number of hydrogen-bond acceptors (Lipinski definition) is 4. The first-order valence-corrected chi connectivity index (χ1v) is 12.2. The number of nitrogens with one attached hydrogen (secondary N) is 2. The fourth-order valence-electron chi connectivity index (χ4n) is 4.20. The molecule has 7 nitrogen and oxygen atoms in total. The molecule has 3 N–H and O–H groups in total. The van der Waals surface area contributed by atoms with E-state index < -0.39 is 60.6 Å². The number of rotatable bonds is 10. The van der Waals surface area contributed by atoms with Crippen LogP contribution in [-0.2, 0) is 27.3 Å². The molecule has 0 aromatic heterocycles. The van der Waals surface area contributed by atoms with Gasteiger partial charge in [-0.05, 0) is 36.1 Å². The number of likely N-dealkylation sites (tertiary alicyclic amines) is 1. The predicted octanol–water partition coefficient (Wildman–Crippen LogP) is 2.81. The summed E-state index contributed by atoms with van der Waals surface area (Å²) in [5.41, 5.74) is 1.15. The Kier molecular flexibility index (Phi) is 9.31. The second-order valence-electron chi connectivity index (χ2n) is 9.45. The largest absolute Gasteiger partial charge is 0.381 e. The number of aliphatic hydroxyl groups excluding tert-OH is 1. The lowest BCUT2D eigenvalue weighted by Crippen LogP contribution is -2.56. The second-order valence-corrected chi connectivity index (χ2v) is 9.45. The van der Waals surface area contributed by atoms with Gasteiger partial charge in [-0.25, -0.2) is 13.2 Å². The number of carbonyl (C=O) groups excluding carboxylic acids is 3. The normalized spacial score (nSPS) is 19.1. The van der Waals surface area contributed by atoms with Crippen LogP contribution in [0.3, 0.4) is 0 Å². The fraction of sp³-hybridized carbons (Fsp3) is 0.444. The van der Waals surface area contributed by atoms with Gasteiger partial charge in [0, 0.05) is 18.9 Å². The summed E-state index contributed by atoms with van der Waals surface area (Å²) in [5, 5.41) is 16.1. The minimum atomic E-state index is -3.34. The monoisotopic (exact) mass is 519 g/mol. The molecule has 0 aliphatic carbocycles. The predicted molar refractivity (Wildman–Crippen MR) is 131 cm³/mol. The van der Waals surface area contributed by atoms with Gasteiger partial charge >= 0.3 is 0 Å². The lowest BCUT2D eigenvalue weighted by Gasteiger charge is -2.30. The molecule has 1 heterocycles. The van der Waals surface area contributed by atoms with Gasteiger partial charge in [-0.15, -0.1) is 0 Å². The number of aliphatic hydroxyl groups is 1. The van der Waals surface area contributed by atoms with Gasteiger partial charge in [0.05, 0.1) is 12.6 Å². The van der Waals surface area contributed by atoms with Gasteiger partial charge in [-0.1, -0.05) is 56.3 Å². The third kappa shape index (κ3) is 7.55. The van der Waals surface area contributed by atoms with Crippen molar-refractivity contribution < 1.29 is 32.7 Å². The molecular formula is C27H32F3N3O4. The van der Waals surface area contributed by atoms with Crippen molar-refractivity contribution in [2.75, 3.05) is 6.54 Å². The molecule has 37 heavy (non-hydrogen) atoms. The van der Waals surface area contributed by atoms with Crippen LogP contribution in [-0.4, -0.2) is 58.4 Å². The van der Waals surface area contributed by atoms with Crippen LogP contribution < -0.4 is 10.6 Å². The van der Waals surface area contributed by atoms with E-state index in [-0.39, 0.29) is 18.9 Å². The molecule has 10 heteroatoms. The van der Waals surface area contributed by atoms with Crippen LogP contribution in [0.2, 0.25) is 0 Å². The molecule has 1 saturated heterocycles. The van der Waals surface area contributed by atoms with Crippen molar-refractivity contribution in [1.29, 1.82) is 0 Å². The molecule has 2 aromatic rings. The second kappa shape index (κ2) is 12.2. The van der Waals surface area contributed by atoms with Crippen LogP contribution in [0.4, 0.5) is 13.2 Å². The SMILES string of the molecule is CC[C@H](C)C(=O)N[C@@H](Cc1ccccc1)[C@H](O)C(=O)N1CC(F)(F)C[C@H]1C(=O)NCc1cccc(F)c1. The Bertz CT molecular complexity index is 1100.